The van der Waals surface area contributed by atoms with Gasteiger partial charge in [0, 0.05) is 166 Å². The first-order valence-electron chi connectivity index (χ1n) is 43.4. The average molecular weight is 1750 g/mol. The number of aromatic amines is 3. The molecule has 4 atom stereocenters. The van der Waals surface area contributed by atoms with Gasteiger partial charge in [-0.15, -0.1) is 11.3 Å². The van der Waals surface area contributed by atoms with E-state index in [4.69, 9.17) is 61.8 Å². The predicted octanol–water partition coefficient (Wildman–Crippen LogP) is 20.7. The molecule has 1 aromatic carbocycles. The molecule has 4 unspecified atom stereocenters. The molecule has 0 bridgehead atoms. The molecule has 0 saturated carbocycles. The van der Waals surface area contributed by atoms with Crippen molar-refractivity contribution in [2.75, 3.05) is 57.3 Å². The quantitative estimate of drug-likeness (QED) is 0.0627. The molecule has 666 valence electrons. The van der Waals surface area contributed by atoms with Crippen molar-refractivity contribution in [3.05, 3.63) is 320 Å². The molecule has 6 aliphatic rings. The van der Waals surface area contributed by atoms with E-state index >= 15 is 0 Å². The maximum absolute atomic E-state index is 5.83. The molecule has 26 nitrogen and oxygen atoms in total. The van der Waals surface area contributed by atoms with Gasteiger partial charge in [0.1, 0.15) is 46.5 Å². The van der Waals surface area contributed by atoms with Crippen LogP contribution in [0, 0.1) is 40.5 Å². The highest BCUT2D eigenvalue weighted by molar-refractivity contribution is 7.18. The summed E-state index contributed by atoms with van der Waals surface area (Å²) in [5.41, 5.74) is 86.9. The zero-order valence-electron chi connectivity index (χ0n) is 75.9. The predicted molar refractivity (Wildman–Crippen MR) is 540 cm³/mol. The van der Waals surface area contributed by atoms with E-state index in [1.807, 2.05) is 148 Å². The lowest BCUT2D eigenvalue weighted by atomic mass is 10.0. The molecule has 0 spiro atoms. The molecule has 0 amide bonds. The number of aromatic nitrogens is 15. The fourth-order valence-corrected chi connectivity index (χ4v) is 17.7. The van der Waals surface area contributed by atoms with E-state index in [9.17, 15) is 0 Å². The van der Waals surface area contributed by atoms with Gasteiger partial charge in [-0.05, 0) is 280 Å². The van der Waals surface area contributed by atoms with Crippen LogP contribution in [0.25, 0.3) is 82.4 Å². The van der Waals surface area contributed by atoms with Crippen LogP contribution in [-0.4, -0.2) is 74.3 Å². The van der Waals surface area contributed by atoms with Gasteiger partial charge >= 0.3 is 0 Å². The second kappa shape index (κ2) is 42.4. The number of rotatable bonds is 0. The fourth-order valence-electron chi connectivity index (χ4n) is 16.8. The van der Waals surface area contributed by atoms with Gasteiger partial charge in [0.2, 0.25) is 0 Å². The van der Waals surface area contributed by atoms with E-state index in [1.54, 1.807) is 79.6 Å². The molecule has 0 saturated heterocycles. The number of hydrogen-bond acceptors (Lipinski definition) is 23. The number of furan rings is 1. The summed E-state index contributed by atoms with van der Waals surface area (Å²) in [5, 5.41) is 9.03. The summed E-state index contributed by atoms with van der Waals surface area (Å²) in [6, 6.07) is 32.4. The van der Waals surface area contributed by atoms with Crippen molar-refractivity contribution in [2.45, 2.75) is 145 Å². The summed E-state index contributed by atoms with van der Waals surface area (Å²) in [6.07, 6.45) is 48.2. The molecule has 27 heteroatoms. The minimum absolute atomic E-state index is 0.454. The number of thiophene rings is 1. The highest BCUT2D eigenvalue weighted by Crippen LogP contribution is 2.39. The number of hydrogen-bond donors (Lipinski definition) is 13. The Morgan fingerprint density at radius 3 is 1.77 bits per heavy atom. The maximum atomic E-state index is 5.83. The average Bonchev–Trinajstić information content (AvgIpc) is 1.88. The van der Waals surface area contributed by atoms with Gasteiger partial charge in [-0.2, -0.15) is 0 Å². The molecule has 0 fully saturated rings. The van der Waals surface area contributed by atoms with Crippen LogP contribution in [0.3, 0.4) is 0 Å². The lowest BCUT2D eigenvalue weighted by Crippen LogP contribution is -1.98. The topological polar surface area (TPSA) is 467 Å². The second-order valence-electron chi connectivity index (χ2n) is 33.5. The Labute approximate surface area is 761 Å². The van der Waals surface area contributed by atoms with Crippen LogP contribution < -0.4 is 57.3 Å². The van der Waals surface area contributed by atoms with Crippen molar-refractivity contribution in [1.82, 2.24) is 74.3 Å². The van der Waals surface area contributed by atoms with E-state index in [1.165, 1.54) is 132 Å². The maximum Gasteiger partial charge on any atom is 0.176 e. The largest absolute Gasteiger partial charge is 0.460 e. The zero-order chi connectivity index (χ0) is 92.4. The summed E-state index contributed by atoms with van der Waals surface area (Å²) in [4.78, 5) is 53.5. The first-order valence-corrected chi connectivity index (χ1v) is 44.3. The van der Waals surface area contributed by atoms with E-state index < -0.39 is 0 Å². The Bertz CT molecular complexity index is 6690. The normalized spacial score (nSPS) is 14.9. The first-order chi connectivity index (χ1) is 62.6. The molecule has 6 aliphatic carbocycles. The number of pyridine rings is 11. The lowest BCUT2D eigenvalue weighted by molar-refractivity contribution is 0.613. The smallest absolute Gasteiger partial charge is 0.176 e. The minimum Gasteiger partial charge on any atom is -0.460 e. The van der Waals surface area contributed by atoms with Crippen LogP contribution in [0.1, 0.15) is 167 Å². The molecular formula is C103H117N25OS. The molecule has 18 aromatic rings. The number of nitrogens with two attached hydrogens (primary N) is 10. The van der Waals surface area contributed by atoms with Crippen LogP contribution in [0.2, 0.25) is 0 Å². The van der Waals surface area contributed by atoms with Crippen molar-refractivity contribution < 1.29 is 4.42 Å². The van der Waals surface area contributed by atoms with Crippen molar-refractivity contribution in [3.8, 4) is 0 Å². The third-order valence-electron chi connectivity index (χ3n) is 23.9. The number of aryl methyl sites for hydroxylation is 7. The fraction of sp³-hybridized carbons (Fsp3) is 0.233. The van der Waals surface area contributed by atoms with Crippen molar-refractivity contribution in [3.63, 3.8) is 0 Å². The van der Waals surface area contributed by atoms with E-state index in [0.717, 1.165) is 108 Å². The lowest BCUT2D eigenvalue weighted by Gasteiger charge is -2.05. The number of nitrogens with one attached hydrogen (secondary N) is 3. The molecule has 24 rings (SSSR count). The van der Waals surface area contributed by atoms with Crippen LogP contribution >= 0.6 is 11.3 Å². The molecule has 0 aliphatic heterocycles. The number of benzene rings is 1. The number of anilines is 10. The second-order valence-corrected chi connectivity index (χ2v) is 34.3. The summed E-state index contributed by atoms with van der Waals surface area (Å²) in [7, 11) is 1.99. The monoisotopic (exact) mass is 1750 g/mol. The summed E-state index contributed by atoms with van der Waals surface area (Å²) < 4.78 is 8.32. The van der Waals surface area contributed by atoms with E-state index in [-0.39, 0.29) is 0 Å². The van der Waals surface area contributed by atoms with Crippen LogP contribution in [0.4, 0.5) is 58.0 Å². The molecular weight excluding hydrogens is 1640 g/mol. The van der Waals surface area contributed by atoms with Gasteiger partial charge in [-0.3, -0.25) is 9.97 Å². The zero-order valence-corrected chi connectivity index (χ0v) is 76.7. The highest BCUT2D eigenvalue weighted by atomic mass is 32.1. The third kappa shape index (κ3) is 22.2. The summed E-state index contributed by atoms with van der Waals surface area (Å²) >= 11 is 1.65. The molecule has 17 heterocycles. The first kappa shape index (κ1) is 92.4. The highest BCUT2D eigenvalue weighted by Gasteiger charge is 2.24. The number of nitrogen functional groups attached to an aromatic ring is 10. The number of allylic oxidation sites excluding steroid dienone is 4. The van der Waals surface area contributed by atoms with Crippen molar-refractivity contribution in [2.24, 2.45) is 13.0 Å². The van der Waals surface area contributed by atoms with Crippen molar-refractivity contribution >= 4 is 152 Å². The molecule has 23 N–H and O–H groups in total. The Balaban J connectivity index is 0.000000121. The SMILES string of the molecule is CC1=CCc2ccnc(N)c21.CC1=Cc2c(ccnc2N)C1.CC1C=Cc2c1ccnc2N.CC1CCc2c1ccnc2N.CC1CCc2ccnc(N)c21.CC1Cc2cccc(N)c2C1.Cc1c[nH]c2c(N)nccc12.Cc1c[nH]c2cnccc12.Cc1cc2ccncc2[nH]1.Cc1coc2c(N)nccc12.Cc1csc2c(N)nccc12.Cn1ccc2c(N)nccc21. The number of fused-ring (bicyclic) bond motifs is 12. The number of H-pyrrole nitrogens is 3. The summed E-state index contributed by atoms with van der Waals surface area (Å²) in [5.74, 6) is 8.24. The Kier molecular flexibility index (Phi) is 30.1. The van der Waals surface area contributed by atoms with Gasteiger partial charge in [-0.1, -0.05) is 69.7 Å². The minimum atomic E-state index is 0.454. The Morgan fingerprint density at radius 2 is 1.08 bits per heavy atom. The Hall–Kier alpha value is -15.3. The summed E-state index contributed by atoms with van der Waals surface area (Å²) in [6.45, 7) is 23.3. The van der Waals surface area contributed by atoms with E-state index in [2.05, 4.69) is 173 Å². The van der Waals surface area contributed by atoms with Crippen LogP contribution in [-0.2, 0) is 45.6 Å². The van der Waals surface area contributed by atoms with Crippen LogP contribution in [0.5, 0.6) is 0 Å². The van der Waals surface area contributed by atoms with E-state index in [0.29, 0.717) is 64.1 Å². The standard InChI is InChI=1S/C10H13N.C9H10N2.C9H12N2.C9H10N2.C9H12N2.C9H10N2.2C8H9N3.C8H8N2O.C8H8N2S.2C8H8N2/c1-7-5-8-3-2-4-10(11)9(8)6-7;1-6-4-7-2-3-11-9(10)8(7)5-6;2*1-6-2-3-8-7(6)4-5-11-9(8)10;2*1-6-2-3-7-4-5-11-9(10)8(6)7;1-11-5-3-6-7(11)2-4-10-8(6)9;3*1-5-4-11-7-6(5)2-3-10-8(7)9;1-6-4-10-8-5-9-3-2-7(6)8;1-6-4-7-2-3-9-5-8(7)10-6/h2-4,7H,5-6,11H2,1H3;2-3,5H,4H2,1H3,(H2,10,11);4-6H,2-3H2,1H3,(H2,10,11);2-6H,1H3,(H2,10,11);4-6H,2-3H2,1H3,(H2,10,11);2,4-5H,3H2,1H3,(H2,10,11);2-5H,1H3,(H2,9,10);2-4,11H,1H3,(H2,9,10);2*2-4H,1H3,(H2,9,10);2*2-5,10H,1H3. The van der Waals surface area contributed by atoms with Gasteiger partial charge in [0.05, 0.1) is 45.4 Å². The molecule has 0 radical (unpaired) electrons. The molecule has 130 heavy (non-hydrogen) atoms. The van der Waals surface area contributed by atoms with Gasteiger partial charge in [0.15, 0.2) is 11.4 Å². The van der Waals surface area contributed by atoms with Gasteiger partial charge in [0.25, 0.3) is 0 Å². The van der Waals surface area contributed by atoms with Gasteiger partial charge < -0.3 is 81.3 Å². The molecule has 17 aromatic heterocycles. The third-order valence-corrected chi connectivity index (χ3v) is 25.0. The number of nitrogens with zero attached hydrogens (tertiary/aromatic N) is 12. The van der Waals surface area contributed by atoms with Crippen LogP contribution in [0.15, 0.2) is 230 Å². The Morgan fingerprint density at radius 1 is 0.477 bits per heavy atom. The van der Waals surface area contributed by atoms with Gasteiger partial charge in [-0.25, -0.2) is 44.9 Å². The van der Waals surface area contributed by atoms with Crippen molar-refractivity contribution in [1.29, 1.82) is 0 Å².